The zero-order chi connectivity index (χ0) is 41.8. The first kappa shape index (κ1) is 38.9. The molecule has 60 heavy (non-hydrogen) atoms. The van der Waals surface area contributed by atoms with Crippen molar-refractivity contribution in [2.75, 3.05) is 16.5 Å². The van der Waals surface area contributed by atoms with Crippen LogP contribution in [0.3, 0.4) is 0 Å². The molecule has 0 saturated heterocycles. The van der Waals surface area contributed by atoms with E-state index in [-0.39, 0.29) is 16.2 Å². The lowest BCUT2D eigenvalue weighted by atomic mass is 9.76. The highest BCUT2D eigenvalue weighted by Crippen LogP contribution is 2.45. The van der Waals surface area contributed by atoms with Crippen LogP contribution in [0.5, 0.6) is 11.5 Å². The molecule has 0 unspecified atom stereocenters. The Kier molecular flexibility index (Phi) is 9.66. The summed E-state index contributed by atoms with van der Waals surface area (Å²) >= 11 is 0. The van der Waals surface area contributed by atoms with Gasteiger partial charge in [-0.2, -0.15) is 0 Å². The third kappa shape index (κ3) is 7.34. The Labute approximate surface area is 355 Å². The smallest absolute Gasteiger partial charge is 0.137 e. The number of nitrogens with zero attached hydrogens (tertiary/aromatic N) is 4. The van der Waals surface area contributed by atoms with Crippen molar-refractivity contribution in [2.45, 2.75) is 71.6 Å². The standard InChI is InChI=1S/C55H54N4O/c1-53(2,3)41-26-27-56-51(33-41)59-49-25-16-15-24-47(49)52-48(55(7,8)40-20-13-10-14-21-40)35-46(36-50(52)59)60-45-23-17-22-43(34-45)57-28-29-58(37-57)44-31-39(38-18-11-9-12-19-38)30-42(32-44)54(4,5)6/h9-36H,37H2,1-8H3. The molecular weight excluding hydrogens is 733 g/mol. The largest absolute Gasteiger partial charge is 0.457 e. The van der Waals surface area contributed by atoms with E-state index in [1.807, 2.05) is 6.20 Å². The van der Waals surface area contributed by atoms with Crippen LogP contribution in [0.25, 0.3) is 38.8 Å². The first-order valence-electron chi connectivity index (χ1n) is 21.0. The number of para-hydroxylation sites is 1. The van der Waals surface area contributed by atoms with Gasteiger partial charge >= 0.3 is 0 Å². The Morgan fingerprint density at radius 2 is 1.18 bits per heavy atom. The van der Waals surface area contributed by atoms with Crippen LogP contribution in [0, 0.1) is 0 Å². The van der Waals surface area contributed by atoms with Gasteiger partial charge in [-0.05, 0) is 92.7 Å². The van der Waals surface area contributed by atoms with Gasteiger partial charge in [0.25, 0.3) is 0 Å². The minimum absolute atomic E-state index is 0.00879. The number of pyridine rings is 1. The molecule has 6 aromatic carbocycles. The molecule has 1 aliphatic rings. The molecule has 5 heteroatoms. The maximum atomic E-state index is 6.95. The van der Waals surface area contributed by atoms with Crippen molar-refractivity contribution >= 4 is 33.2 Å². The fourth-order valence-electron chi connectivity index (χ4n) is 8.51. The number of benzene rings is 6. The van der Waals surface area contributed by atoms with E-state index in [1.165, 1.54) is 49.8 Å². The lowest BCUT2D eigenvalue weighted by Crippen LogP contribution is -2.25. The lowest BCUT2D eigenvalue weighted by molar-refractivity contribution is 0.481. The molecule has 9 rings (SSSR count). The van der Waals surface area contributed by atoms with E-state index in [0.717, 1.165) is 34.0 Å². The van der Waals surface area contributed by atoms with Gasteiger partial charge in [-0.15, -0.1) is 0 Å². The maximum Gasteiger partial charge on any atom is 0.137 e. The monoisotopic (exact) mass is 786 g/mol. The molecule has 0 radical (unpaired) electrons. The van der Waals surface area contributed by atoms with Crippen molar-refractivity contribution in [1.82, 2.24) is 9.55 Å². The van der Waals surface area contributed by atoms with Crippen LogP contribution in [-0.2, 0) is 16.2 Å². The fraction of sp³-hybridized carbons (Fsp3) is 0.218. The highest BCUT2D eigenvalue weighted by molar-refractivity contribution is 6.11. The van der Waals surface area contributed by atoms with Crippen molar-refractivity contribution in [3.8, 4) is 28.4 Å². The molecule has 2 aromatic heterocycles. The van der Waals surface area contributed by atoms with E-state index in [0.29, 0.717) is 6.67 Å². The normalized spacial score (nSPS) is 13.5. The summed E-state index contributed by atoms with van der Waals surface area (Å²) in [7, 11) is 0. The first-order chi connectivity index (χ1) is 28.7. The summed E-state index contributed by atoms with van der Waals surface area (Å²) in [6.07, 6.45) is 6.28. The summed E-state index contributed by atoms with van der Waals surface area (Å²) in [5, 5.41) is 2.40. The van der Waals surface area contributed by atoms with Gasteiger partial charge in [-0.3, -0.25) is 4.57 Å². The van der Waals surface area contributed by atoms with Crippen molar-refractivity contribution in [3.05, 3.63) is 193 Å². The van der Waals surface area contributed by atoms with E-state index in [9.17, 15) is 0 Å². The minimum Gasteiger partial charge on any atom is -0.457 e. The molecule has 8 aromatic rings. The Balaban J connectivity index is 1.11. The number of hydrogen-bond donors (Lipinski definition) is 0. The highest BCUT2D eigenvalue weighted by Gasteiger charge is 2.30. The predicted molar refractivity (Wildman–Crippen MR) is 252 cm³/mol. The predicted octanol–water partition coefficient (Wildman–Crippen LogP) is 14.3. The lowest BCUT2D eigenvalue weighted by Gasteiger charge is -2.28. The number of aromatic nitrogens is 2. The van der Waals surface area contributed by atoms with Gasteiger partial charge < -0.3 is 14.5 Å². The van der Waals surface area contributed by atoms with Gasteiger partial charge in [0.15, 0.2) is 0 Å². The van der Waals surface area contributed by atoms with E-state index in [1.54, 1.807) is 0 Å². The van der Waals surface area contributed by atoms with Crippen LogP contribution >= 0.6 is 0 Å². The first-order valence-corrected chi connectivity index (χ1v) is 21.0. The van der Waals surface area contributed by atoms with E-state index in [4.69, 9.17) is 9.72 Å². The van der Waals surface area contributed by atoms with E-state index in [2.05, 4.69) is 234 Å². The van der Waals surface area contributed by atoms with Crippen LogP contribution in [0.15, 0.2) is 170 Å². The topological polar surface area (TPSA) is 33.5 Å². The van der Waals surface area contributed by atoms with E-state index < -0.39 is 0 Å². The minimum atomic E-state index is -0.342. The highest BCUT2D eigenvalue weighted by atomic mass is 16.5. The second kappa shape index (κ2) is 14.9. The van der Waals surface area contributed by atoms with Gasteiger partial charge in [0.05, 0.1) is 17.7 Å². The molecule has 0 bridgehead atoms. The summed E-state index contributed by atoms with van der Waals surface area (Å²) in [4.78, 5) is 9.58. The van der Waals surface area contributed by atoms with Crippen LogP contribution in [0.2, 0.25) is 0 Å². The quantitative estimate of drug-likeness (QED) is 0.154. The molecule has 5 nitrogen and oxygen atoms in total. The zero-order valence-corrected chi connectivity index (χ0v) is 36.1. The fourth-order valence-corrected chi connectivity index (χ4v) is 8.51. The molecule has 0 aliphatic carbocycles. The van der Waals surface area contributed by atoms with Crippen LogP contribution < -0.4 is 14.5 Å². The van der Waals surface area contributed by atoms with Crippen molar-refractivity contribution < 1.29 is 4.74 Å². The second-order valence-corrected chi connectivity index (χ2v) is 18.7. The average molecular weight is 787 g/mol. The van der Waals surface area contributed by atoms with Crippen molar-refractivity contribution in [1.29, 1.82) is 0 Å². The van der Waals surface area contributed by atoms with E-state index >= 15 is 0 Å². The molecular formula is C55H54N4O. The summed E-state index contributed by atoms with van der Waals surface area (Å²) in [6.45, 7) is 18.9. The zero-order valence-electron chi connectivity index (χ0n) is 36.1. The molecule has 300 valence electrons. The Hall–Kier alpha value is -6.59. The number of anilines is 2. The maximum absolute atomic E-state index is 6.95. The molecule has 3 heterocycles. The number of rotatable bonds is 8. The van der Waals surface area contributed by atoms with Crippen LogP contribution in [0.4, 0.5) is 11.4 Å². The van der Waals surface area contributed by atoms with Crippen molar-refractivity contribution in [2.24, 2.45) is 0 Å². The van der Waals surface area contributed by atoms with Gasteiger partial charge in [0.2, 0.25) is 0 Å². The number of fused-ring (bicyclic) bond motifs is 3. The molecule has 0 saturated carbocycles. The summed E-state index contributed by atoms with van der Waals surface area (Å²) in [5.41, 5.74) is 11.5. The average Bonchev–Trinajstić information content (AvgIpc) is 3.87. The van der Waals surface area contributed by atoms with Crippen LogP contribution in [-0.4, -0.2) is 16.2 Å². The number of ether oxygens (including phenoxy) is 1. The summed E-state index contributed by atoms with van der Waals surface area (Å²) < 4.78 is 9.27. The third-order valence-corrected chi connectivity index (χ3v) is 12.1. The van der Waals surface area contributed by atoms with Gasteiger partial charge in [-0.1, -0.05) is 146 Å². The third-order valence-electron chi connectivity index (χ3n) is 12.1. The van der Waals surface area contributed by atoms with Gasteiger partial charge in [0.1, 0.15) is 17.3 Å². The second-order valence-electron chi connectivity index (χ2n) is 18.7. The molecule has 1 aliphatic heterocycles. The number of hydrogen-bond acceptors (Lipinski definition) is 4. The van der Waals surface area contributed by atoms with Gasteiger partial charge in [0, 0.05) is 58.3 Å². The molecule has 0 spiro atoms. The Morgan fingerprint density at radius 1 is 0.500 bits per heavy atom. The molecule has 0 fully saturated rings. The van der Waals surface area contributed by atoms with Crippen molar-refractivity contribution in [3.63, 3.8) is 0 Å². The van der Waals surface area contributed by atoms with Crippen LogP contribution in [0.1, 0.15) is 77.6 Å². The Bertz CT molecular complexity index is 2870. The molecule has 0 amide bonds. The summed E-state index contributed by atoms with van der Waals surface area (Å²) in [6, 6.07) is 54.4. The molecule has 0 atom stereocenters. The summed E-state index contributed by atoms with van der Waals surface area (Å²) in [5.74, 6) is 2.45. The van der Waals surface area contributed by atoms with Gasteiger partial charge in [-0.25, -0.2) is 4.98 Å². The SMILES string of the molecule is CC(C)(C)c1cc(-c2ccccc2)cc(N2C=CN(c3cccc(Oc4cc(C(C)(C)c5ccccc5)c5c6ccccc6n(-c6cc(C(C)(C)C)ccn6)c5c4)c3)C2)c1. The molecule has 0 N–H and O–H groups in total. The Morgan fingerprint density at radius 3 is 1.92 bits per heavy atom.